The lowest BCUT2D eigenvalue weighted by molar-refractivity contribution is -0.696. The van der Waals surface area contributed by atoms with Crippen molar-refractivity contribution in [1.82, 2.24) is 4.57 Å². The third kappa shape index (κ3) is 23.5. The first-order chi connectivity index (χ1) is 18.1. The summed E-state index contributed by atoms with van der Waals surface area (Å²) in [5.41, 5.74) is 0. The molecule has 0 aliphatic carbocycles. The molecular weight excluding hydrogens is 456 g/mol. The number of unbranched alkanes of at least 4 members (excludes halogenated alkanes) is 17. The first-order valence-corrected chi connectivity index (χ1v) is 16.3. The molecule has 0 N–H and O–H groups in total. The Morgan fingerprint density at radius 2 is 1.14 bits per heavy atom. The summed E-state index contributed by atoms with van der Waals surface area (Å²) >= 11 is 0. The van der Waals surface area contributed by atoms with Crippen molar-refractivity contribution in [1.29, 1.82) is 0 Å². The number of imidazole rings is 1. The van der Waals surface area contributed by atoms with Crippen LogP contribution in [-0.4, -0.2) is 10.5 Å². The van der Waals surface area contributed by atoms with E-state index in [9.17, 15) is 9.90 Å². The van der Waals surface area contributed by atoms with Gasteiger partial charge in [0.2, 0.25) is 6.33 Å². The fourth-order valence-corrected chi connectivity index (χ4v) is 4.83. The zero-order chi connectivity index (χ0) is 27.4. The first kappa shape index (κ1) is 35.7. The predicted molar refractivity (Wildman–Crippen MR) is 157 cm³/mol. The van der Waals surface area contributed by atoms with Crippen LogP contribution in [0.2, 0.25) is 0 Å². The topological polar surface area (TPSA) is 48.9 Å². The molecule has 0 saturated heterocycles. The number of aromatic nitrogens is 2. The Kier molecular flexibility index (Phi) is 26.7. The molecule has 0 aliphatic rings. The molecule has 1 rings (SSSR count). The molecule has 4 heteroatoms. The number of carbonyl (C=O) groups excluding carboxylic acids is 1. The maximum atomic E-state index is 10.3. The summed E-state index contributed by atoms with van der Waals surface area (Å²) in [6.07, 6.45) is 35.9. The minimum atomic E-state index is -0.893. The highest BCUT2D eigenvalue weighted by Crippen LogP contribution is 2.14. The summed E-state index contributed by atoms with van der Waals surface area (Å²) in [5.74, 6) is -1.11. The molecule has 37 heavy (non-hydrogen) atoms. The fourth-order valence-electron chi connectivity index (χ4n) is 4.83. The Bertz CT molecular complexity index is 599. The van der Waals surface area contributed by atoms with E-state index in [1.807, 2.05) is 6.92 Å². The van der Waals surface area contributed by atoms with Crippen LogP contribution in [0.5, 0.6) is 0 Å². The molecule has 0 aromatic carbocycles. The molecule has 0 saturated carbocycles. The van der Waals surface area contributed by atoms with Crippen molar-refractivity contribution in [3.05, 3.63) is 18.7 Å². The van der Waals surface area contributed by atoms with E-state index in [1.165, 1.54) is 129 Å². The third-order valence-electron chi connectivity index (χ3n) is 7.52. The summed E-state index contributed by atoms with van der Waals surface area (Å²) in [4.78, 5) is 10.3. The highest BCUT2D eigenvalue weighted by molar-refractivity contribution is 5.67. The summed E-state index contributed by atoms with van der Waals surface area (Å²) in [7, 11) is 0. The molecule has 1 aromatic heterocycles. The van der Waals surface area contributed by atoms with Crippen LogP contribution in [0.4, 0.5) is 0 Å². The Morgan fingerprint density at radius 3 is 1.57 bits per heavy atom. The van der Waals surface area contributed by atoms with Gasteiger partial charge in [0, 0.05) is 5.97 Å². The minimum absolute atomic E-state index is 0.222. The largest absolute Gasteiger partial charge is 0.550 e. The number of carbonyl (C=O) groups is 1. The Balaban J connectivity index is 0.00000109. The van der Waals surface area contributed by atoms with E-state index in [-0.39, 0.29) is 5.92 Å². The smallest absolute Gasteiger partial charge is 0.243 e. The van der Waals surface area contributed by atoms with Gasteiger partial charge in [-0.2, -0.15) is 0 Å². The zero-order valence-corrected chi connectivity index (χ0v) is 25.5. The van der Waals surface area contributed by atoms with Crippen molar-refractivity contribution < 1.29 is 14.5 Å². The Morgan fingerprint density at radius 1 is 0.676 bits per heavy atom. The van der Waals surface area contributed by atoms with Crippen LogP contribution in [0, 0.1) is 5.92 Å². The number of carboxylic acid groups (broad SMARTS) is 1. The van der Waals surface area contributed by atoms with Crippen LogP contribution in [0.15, 0.2) is 18.7 Å². The van der Waals surface area contributed by atoms with E-state index in [4.69, 9.17) is 0 Å². The molecule has 4 nitrogen and oxygen atoms in total. The zero-order valence-electron chi connectivity index (χ0n) is 25.5. The van der Waals surface area contributed by atoms with Crippen molar-refractivity contribution in [2.75, 3.05) is 0 Å². The van der Waals surface area contributed by atoms with Crippen LogP contribution in [0.3, 0.4) is 0 Å². The average Bonchev–Trinajstić information content (AvgIpc) is 3.35. The van der Waals surface area contributed by atoms with E-state index < -0.39 is 5.97 Å². The number of aliphatic carboxylic acids is 1. The van der Waals surface area contributed by atoms with Crippen LogP contribution in [0.25, 0.3) is 0 Å². The van der Waals surface area contributed by atoms with Crippen LogP contribution >= 0.6 is 0 Å². The van der Waals surface area contributed by atoms with E-state index in [0.717, 1.165) is 19.3 Å². The van der Waals surface area contributed by atoms with Gasteiger partial charge < -0.3 is 9.90 Å². The van der Waals surface area contributed by atoms with Gasteiger partial charge >= 0.3 is 0 Å². The van der Waals surface area contributed by atoms with Gasteiger partial charge in [-0.25, -0.2) is 9.13 Å². The number of aryl methyl sites for hydroxylation is 2. The van der Waals surface area contributed by atoms with E-state index in [2.05, 4.69) is 48.6 Å². The number of hydrogen-bond acceptors (Lipinski definition) is 2. The van der Waals surface area contributed by atoms with E-state index in [0.29, 0.717) is 6.42 Å². The number of rotatable bonds is 25. The summed E-state index contributed by atoms with van der Waals surface area (Å²) in [6.45, 7) is 10.9. The molecule has 0 aliphatic heterocycles. The Hall–Kier alpha value is -1.32. The van der Waals surface area contributed by atoms with Gasteiger partial charge in [0.1, 0.15) is 12.4 Å². The molecule has 0 fully saturated rings. The minimum Gasteiger partial charge on any atom is -0.550 e. The average molecular weight is 521 g/mol. The quantitative estimate of drug-likeness (QED) is 0.0955. The van der Waals surface area contributed by atoms with Crippen LogP contribution in [0.1, 0.15) is 169 Å². The normalized spacial score (nSPS) is 11.8. The molecule has 1 unspecified atom stereocenters. The second kappa shape index (κ2) is 27.7. The summed E-state index contributed by atoms with van der Waals surface area (Å²) < 4.78 is 4.69. The van der Waals surface area contributed by atoms with Gasteiger partial charge in [-0.1, -0.05) is 137 Å². The van der Waals surface area contributed by atoms with Gasteiger partial charge in [0.15, 0.2) is 0 Å². The highest BCUT2D eigenvalue weighted by Gasteiger charge is 2.05. The summed E-state index contributed by atoms with van der Waals surface area (Å²) in [5, 5.41) is 10.3. The van der Waals surface area contributed by atoms with Gasteiger partial charge in [-0.3, -0.25) is 0 Å². The molecular formula is C33H64N2O2. The molecule has 0 spiro atoms. The van der Waals surface area contributed by atoms with Crippen molar-refractivity contribution in [2.24, 2.45) is 5.92 Å². The monoisotopic (exact) mass is 520 g/mol. The van der Waals surface area contributed by atoms with Crippen LogP contribution in [-0.2, 0) is 17.9 Å². The standard InChI is InChI=1S/C25H49N2.C8H16O2/c1-3-5-7-8-9-10-11-12-13-14-15-16-17-18-19-20-22-27-24-23-26(25-27)21-6-4-2;1-3-5-6-7(4-2)8(9)10/h23-25H,3-22H2,1-2H3;7H,3-6H2,1-2H3,(H,9,10)/q+1;/p-1. The van der Waals surface area contributed by atoms with Crippen molar-refractivity contribution in [3.63, 3.8) is 0 Å². The SMILES string of the molecule is CCCCC(CC)C(=O)[O-].CCCCCCCCCCCCCCCCCC[n+]1ccn(CCCC)c1. The van der Waals surface area contributed by atoms with Gasteiger partial charge in [-0.15, -0.1) is 0 Å². The van der Waals surface area contributed by atoms with Gasteiger partial charge in [-0.05, 0) is 38.0 Å². The van der Waals surface area contributed by atoms with Crippen molar-refractivity contribution in [2.45, 2.75) is 182 Å². The fraction of sp³-hybridized carbons (Fsp3) is 0.879. The maximum absolute atomic E-state index is 10.3. The number of carboxylic acids is 1. The molecule has 0 amide bonds. The van der Waals surface area contributed by atoms with E-state index in [1.54, 1.807) is 0 Å². The third-order valence-corrected chi connectivity index (χ3v) is 7.52. The molecule has 1 atom stereocenters. The summed E-state index contributed by atoms with van der Waals surface area (Å²) in [6, 6.07) is 0. The number of nitrogens with zero attached hydrogens (tertiary/aromatic N) is 2. The molecule has 0 radical (unpaired) electrons. The lowest BCUT2D eigenvalue weighted by Gasteiger charge is -2.14. The van der Waals surface area contributed by atoms with Gasteiger partial charge in [0.25, 0.3) is 0 Å². The van der Waals surface area contributed by atoms with E-state index >= 15 is 0 Å². The Labute approximate surface area is 231 Å². The maximum Gasteiger partial charge on any atom is 0.243 e. The van der Waals surface area contributed by atoms with Crippen LogP contribution < -0.4 is 9.67 Å². The van der Waals surface area contributed by atoms with Crippen molar-refractivity contribution in [3.8, 4) is 0 Å². The molecule has 1 aromatic rings. The lowest BCUT2D eigenvalue weighted by Crippen LogP contribution is -2.30. The van der Waals surface area contributed by atoms with Crippen molar-refractivity contribution >= 4 is 5.97 Å². The second-order valence-electron chi connectivity index (χ2n) is 11.1. The molecule has 1 heterocycles. The lowest BCUT2D eigenvalue weighted by atomic mass is 10.00. The predicted octanol–water partition coefficient (Wildman–Crippen LogP) is 8.79. The highest BCUT2D eigenvalue weighted by atomic mass is 16.4. The van der Waals surface area contributed by atoms with Gasteiger partial charge in [0.05, 0.1) is 13.1 Å². The molecule has 0 bridgehead atoms. The molecule has 218 valence electrons. The number of hydrogen-bond donors (Lipinski definition) is 0. The second-order valence-corrected chi connectivity index (χ2v) is 11.1. The first-order valence-electron chi connectivity index (χ1n) is 16.3.